The van der Waals surface area contributed by atoms with Crippen molar-refractivity contribution in [2.75, 3.05) is 11.9 Å². The molecule has 0 fully saturated rings. The van der Waals surface area contributed by atoms with Crippen LogP contribution < -0.4 is 5.32 Å². The number of halogens is 1. The maximum Gasteiger partial charge on any atom is 0.137 e. The lowest BCUT2D eigenvalue weighted by atomic mass is 9.96. The molecule has 0 aliphatic heterocycles. The highest BCUT2D eigenvalue weighted by molar-refractivity contribution is 6.29. The lowest BCUT2D eigenvalue weighted by Crippen LogP contribution is -2.20. The van der Waals surface area contributed by atoms with Crippen LogP contribution in [-0.4, -0.2) is 27.7 Å². The Labute approximate surface area is 114 Å². The van der Waals surface area contributed by atoms with Gasteiger partial charge in [0.25, 0.3) is 0 Å². The van der Waals surface area contributed by atoms with Crippen molar-refractivity contribution in [3.63, 3.8) is 0 Å². The van der Waals surface area contributed by atoms with Gasteiger partial charge in [-0.25, -0.2) is 9.97 Å². The van der Waals surface area contributed by atoms with E-state index in [1.807, 2.05) is 0 Å². The molecular formula is C13H22ClN3O. The molecule has 0 aliphatic rings. The average Bonchev–Trinajstić information content (AvgIpc) is 2.24. The second kappa shape index (κ2) is 6.34. The molecule has 1 rings (SSSR count). The van der Waals surface area contributed by atoms with Crippen molar-refractivity contribution in [1.29, 1.82) is 0 Å². The Morgan fingerprint density at radius 1 is 1.39 bits per heavy atom. The molecule has 1 heterocycles. The van der Waals surface area contributed by atoms with Crippen LogP contribution in [-0.2, 0) is 5.41 Å². The minimum Gasteiger partial charge on any atom is -0.396 e. The van der Waals surface area contributed by atoms with Gasteiger partial charge in [-0.05, 0) is 19.8 Å². The Hall–Kier alpha value is -0.870. The first-order chi connectivity index (χ1) is 8.32. The number of nitrogens with zero attached hydrogens (tertiary/aromatic N) is 2. The Bertz CT molecular complexity index is 390. The van der Waals surface area contributed by atoms with Crippen LogP contribution >= 0.6 is 11.6 Å². The first kappa shape index (κ1) is 15.2. The second-order valence-electron chi connectivity index (χ2n) is 5.56. The molecule has 102 valence electrons. The smallest absolute Gasteiger partial charge is 0.137 e. The molecule has 0 aliphatic carbocycles. The third kappa shape index (κ3) is 4.78. The molecule has 0 saturated heterocycles. The van der Waals surface area contributed by atoms with E-state index in [2.05, 4.69) is 43.0 Å². The van der Waals surface area contributed by atoms with Gasteiger partial charge in [0.05, 0.1) is 0 Å². The van der Waals surface area contributed by atoms with Gasteiger partial charge in [-0.3, -0.25) is 0 Å². The lowest BCUT2D eigenvalue weighted by Gasteiger charge is -2.19. The van der Waals surface area contributed by atoms with Crippen LogP contribution in [0.2, 0.25) is 5.15 Å². The molecule has 1 aromatic rings. The van der Waals surface area contributed by atoms with Crippen molar-refractivity contribution < 1.29 is 5.11 Å². The third-order valence-electron chi connectivity index (χ3n) is 2.56. The van der Waals surface area contributed by atoms with E-state index in [0.717, 1.165) is 24.5 Å². The Kier molecular flexibility index (Phi) is 5.35. The SMILES string of the molecule is CC(CCCO)Nc1cc(Cl)nc(C(C)(C)C)n1. The Morgan fingerprint density at radius 3 is 2.61 bits per heavy atom. The Morgan fingerprint density at radius 2 is 2.06 bits per heavy atom. The predicted octanol–water partition coefficient (Wildman–Crippen LogP) is 3.00. The van der Waals surface area contributed by atoms with E-state index in [1.165, 1.54) is 0 Å². The van der Waals surface area contributed by atoms with Gasteiger partial charge in [0.2, 0.25) is 0 Å². The summed E-state index contributed by atoms with van der Waals surface area (Å²) in [5, 5.41) is 12.5. The fraction of sp³-hybridized carbons (Fsp3) is 0.692. The number of aliphatic hydroxyl groups is 1. The number of nitrogens with one attached hydrogen (secondary N) is 1. The highest BCUT2D eigenvalue weighted by Gasteiger charge is 2.19. The molecule has 4 nitrogen and oxygen atoms in total. The van der Waals surface area contributed by atoms with E-state index in [4.69, 9.17) is 16.7 Å². The van der Waals surface area contributed by atoms with E-state index in [0.29, 0.717) is 5.15 Å². The zero-order chi connectivity index (χ0) is 13.8. The zero-order valence-corrected chi connectivity index (χ0v) is 12.3. The minimum absolute atomic E-state index is 0.129. The van der Waals surface area contributed by atoms with Crippen LogP contribution in [0.15, 0.2) is 6.07 Å². The number of hydrogen-bond acceptors (Lipinski definition) is 4. The Balaban J connectivity index is 2.80. The predicted molar refractivity (Wildman–Crippen MR) is 75.1 cm³/mol. The van der Waals surface area contributed by atoms with Crippen LogP contribution in [0.25, 0.3) is 0 Å². The fourth-order valence-electron chi connectivity index (χ4n) is 1.55. The molecule has 0 spiro atoms. The van der Waals surface area contributed by atoms with Gasteiger partial charge in [0, 0.05) is 24.1 Å². The van der Waals surface area contributed by atoms with Gasteiger partial charge in [-0.15, -0.1) is 0 Å². The number of anilines is 1. The largest absolute Gasteiger partial charge is 0.396 e. The first-order valence-electron chi connectivity index (χ1n) is 6.25. The molecule has 2 N–H and O–H groups in total. The average molecular weight is 272 g/mol. The maximum atomic E-state index is 8.80. The van der Waals surface area contributed by atoms with Crippen molar-refractivity contribution >= 4 is 17.4 Å². The highest BCUT2D eigenvalue weighted by atomic mass is 35.5. The first-order valence-corrected chi connectivity index (χ1v) is 6.63. The quantitative estimate of drug-likeness (QED) is 0.809. The lowest BCUT2D eigenvalue weighted by molar-refractivity contribution is 0.282. The van der Waals surface area contributed by atoms with Crippen molar-refractivity contribution in [1.82, 2.24) is 9.97 Å². The van der Waals surface area contributed by atoms with Crippen LogP contribution in [0.1, 0.15) is 46.4 Å². The van der Waals surface area contributed by atoms with E-state index in [9.17, 15) is 0 Å². The summed E-state index contributed by atoms with van der Waals surface area (Å²) in [6, 6.07) is 1.97. The van der Waals surface area contributed by atoms with E-state index < -0.39 is 0 Å². The van der Waals surface area contributed by atoms with Crippen molar-refractivity contribution in [2.24, 2.45) is 0 Å². The molecule has 0 aromatic carbocycles. The van der Waals surface area contributed by atoms with Gasteiger partial charge in [0.15, 0.2) is 0 Å². The van der Waals surface area contributed by atoms with Gasteiger partial charge in [0.1, 0.15) is 16.8 Å². The number of hydrogen-bond donors (Lipinski definition) is 2. The molecule has 1 unspecified atom stereocenters. The van der Waals surface area contributed by atoms with Gasteiger partial charge in [-0.1, -0.05) is 32.4 Å². The van der Waals surface area contributed by atoms with Gasteiger partial charge < -0.3 is 10.4 Å². The number of aliphatic hydroxyl groups excluding tert-OH is 1. The zero-order valence-electron chi connectivity index (χ0n) is 11.5. The van der Waals surface area contributed by atoms with Gasteiger partial charge >= 0.3 is 0 Å². The molecule has 5 heteroatoms. The summed E-state index contributed by atoms with van der Waals surface area (Å²) in [5.74, 6) is 1.47. The third-order valence-corrected chi connectivity index (χ3v) is 2.75. The topological polar surface area (TPSA) is 58.0 Å². The van der Waals surface area contributed by atoms with Crippen LogP contribution in [0.3, 0.4) is 0 Å². The summed E-state index contributed by atoms with van der Waals surface area (Å²) in [6.45, 7) is 8.43. The summed E-state index contributed by atoms with van der Waals surface area (Å²) >= 11 is 6.01. The summed E-state index contributed by atoms with van der Waals surface area (Å²) in [4.78, 5) is 8.73. The molecule has 1 aromatic heterocycles. The summed E-state index contributed by atoms with van der Waals surface area (Å²) < 4.78 is 0. The monoisotopic (exact) mass is 271 g/mol. The highest BCUT2D eigenvalue weighted by Crippen LogP contribution is 2.22. The molecule has 18 heavy (non-hydrogen) atoms. The van der Waals surface area contributed by atoms with E-state index in [1.54, 1.807) is 6.07 Å². The molecule has 0 saturated carbocycles. The van der Waals surface area contributed by atoms with E-state index in [-0.39, 0.29) is 18.1 Å². The molecule has 0 amide bonds. The van der Waals surface area contributed by atoms with Crippen molar-refractivity contribution in [3.8, 4) is 0 Å². The van der Waals surface area contributed by atoms with Crippen molar-refractivity contribution in [2.45, 2.75) is 52.0 Å². The molecule has 0 bridgehead atoms. The maximum absolute atomic E-state index is 8.80. The summed E-state index contributed by atoms with van der Waals surface area (Å²) in [7, 11) is 0. The van der Waals surface area contributed by atoms with Crippen LogP contribution in [0, 0.1) is 0 Å². The summed E-state index contributed by atoms with van der Waals surface area (Å²) in [6.07, 6.45) is 1.67. The van der Waals surface area contributed by atoms with Gasteiger partial charge in [-0.2, -0.15) is 0 Å². The normalized spacial score (nSPS) is 13.4. The number of aromatic nitrogens is 2. The second-order valence-corrected chi connectivity index (χ2v) is 5.95. The van der Waals surface area contributed by atoms with Crippen molar-refractivity contribution in [3.05, 3.63) is 17.0 Å². The van der Waals surface area contributed by atoms with Crippen LogP contribution in [0.4, 0.5) is 5.82 Å². The van der Waals surface area contributed by atoms with E-state index >= 15 is 0 Å². The molecular weight excluding hydrogens is 250 g/mol. The minimum atomic E-state index is -0.129. The molecule has 0 radical (unpaired) electrons. The standard InChI is InChI=1S/C13H22ClN3O/c1-9(6-5-7-18)15-11-8-10(14)16-12(17-11)13(2,3)4/h8-9,18H,5-7H2,1-4H3,(H,15,16,17). The fourth-order valence-corrected chi connectivity index (χ4v) is 1.73. The molecule has 1 atom stereocenters. The van der Waals surface area contributed by atoms with Crippen LogP contribution in [0.5, 0.6) is 0 Å². The summed E-state index contributed by atoms with van der Waals surface area (Å²) in [5.41, 5.74) is -0.129. The number of rotatable bonds is 5.